The molecule has 0 spiro atoms. The van der Waals surface area contributed by atoms with Crippen molar-refractivity contribution in [3.05, 3.63) is 18.6 Å². The minimum Gasteiger partial charge on any atom is -0.355 e. The van der Waals surface area contributed by atoms with Gasteiger partial charge in [-0.2, -0.15) is 5.26 Å². The maximum Gasteiger partial charge on any atom is 0.179 e. The minimum absolute atomic E-state index is 0. The molecule has 0 amide bonds. The summed E-state index contributed by atoms with van der Waals surface area (Å²) in [6.45, 7) is 6.01. The van der Waals surface area contributed by atoms with Gasteiger partial charge in [0.1, 0.15) is 17.8 Å². The van der Waals surface area contributed by atoms with Gasteiger partial charge < -0.3 is 14.8 Å². The Balaban J connectivity index is 0.00000144. The predicted octanol–water partition coefficient (Wildman–Crippen LogP) is 1.83. The van der Waals surface area contributed by atoms with E-state index < -0.39 is 0 Å². The molecule has 2 saturated heterocycles. The first-order valence-electron chi connectivity index (χ1n) is 7.37. The van der Waals surface area contributed by atoms with Crippen LogP contribution in [-0.4, -0.2) is 46.0 Å². The van der Waals surface area contributed by atoms with Crippen LogP contribution in [-0.2, 0) is 0 Å². The molecule has 2 aromatic rings. The van der Waals surface area contributed by atoms with E-state index in [-0.39, 0.29) is 6.84 Å². The number of hydrogen-bond donors (Lipinski definition) is 1. The summed E-state index contributed by atoms with van der Waals surface area (Å²) in [5.41, 5.74) is 1.05. The molecular formula is C15H20N6. The minimum atomic E-state index is 0. The molecule has 0 aromatic carbocycles. The number of hydrogen-bond acceptors (Lipinski definition) is 5. The Labute approximate surface area is 124 Å². The number of fused-ring (bicyclic) bond motifs is 2. The lowest BCUT2D eigenvalue weighted by atomic mass is 9.75. The largest absolute Gasteiger partial charge is 0.355 e. The van der Waals surface area contributed by atoms with Gasteiger partial charge in [-0.25, -0.2) is 9.97 Å². The van der Waals surface area contributed by atoms with Gasteiger partial charge in [-0.1, -0.05) is 6.92 Å². The number of rotatable bonds is 1. The smallest absolute Gasteiger partial charge is 0.179 e. The number of nitrogens with one attached hydrogen (secondary N) is 1. The number of piperidine rings is 1. The topological polar surface area (TPSA) is 71.8 Å². The van der Waals surface area contributed by atoms with E-state index in [4.69, 9.17) is 5.26 Å². The number of nitriles is 1. The van der Waals surface area contributed by atoms with Crippen LogP contribution in [0.25, 0.3) is 11.0 Å². The summed E-state index contributed by atoms with van der Waals surface area (Å²) < 4.78 is 0. The highest BCUT2D eigenvalue weighted by molar-refractivity contribution is 5.87. The molecule has 0 bridgehead atoms. The molecule has 1 N–H and O–H groups in total. The molecular weight excluding hydrogens is 264 g/mol. The van der Waals surface area contributed by atoms with Gasteiger partial charge in [0, 0.05) is 39.2 Å². The van der Waals surface area contributed by atoms with Gasteiger partial charge in [-0.15, -0.1) is 0 Å². The van der Waals surface area contributed by atoms with E-state index in [2.05, 4.69) is 33.0 Å². The third-order valence-electron chi connectivity index (χ3n) is 5.05. The summed E-state index contributed by atoms with van der Waals surface area (Å²) in [6, 6.07) is 2.04. The second-order valence-corrected chi connectivity index (χ2v) is 6.48. The van der Waals surface area contributed by atoms with Crippen LogP contribution in [0.1, 0.15) is 14.8 Å². The highest BCUT2D eigenvalue weighted by Crippen LogP contribution is 2.42. The van der Waals surface area contributed by atoms with Gasteiger partial charge in [0.25, 0.3) is 0 Å². The lowest BCUT2D eigenvalue weighted by Crippen LogP contribution is -2.47. The third kappa shape index (κ3) is 1.84. The second-order valence-electron chi connectivity index (χ2n) is 6.48. The molecule has 0 aliphatic carbocycles. The first-order chi connectivity index (χ1) is 10.2. The Morgan fingerprint density at radius 2 is 2.38 bits per heavy atom. The Morgan fingerprint density at radius 3 is 3.24 bits per heavy atom. The second kappa shape index (κ2) is 4.35. The van der Waals surface area contributed by atoms with Gasteiger partial charge >= 0.3 is 0 Å². The van der Waals surface area contributed by atoms with Crippen molar-refractivity contribution in [3.63, 3.8) is 0 Å². The van der Waals surface area contributed by atoms with Crippen LogP contribution in [0.2, 0.25) is 0 Å². The summed E-state index contributed by atoms with van der Waals surface area (Å²) in [7, 11) is 0. The summed E-state index contributed by atoms with van der Waals surface area (Å²) in [5, 5.41) is 10.2. The lowest BCUT2D eigenvalue weighted by Gasteiger charge is -2.42. The van der Waals surface area contributed by atoms with E-state index in [9.17, 15) is 0 Å². The molecule has 0 saturated carbocycles. The zero-order chi connectivity index (χ0) is 14.4. The van der Waals surface area contributed by atoms with Crippen LogP contribution < -0.4 is 4.90 Å². The van der Waals surface area contributed by atoms with Crippen molar-refractivity contribution in [2.45, 2.75) is 13.3 Å². The molecule has 6 nitrogen and oxygen atoms in total. The van der Waals surface area contributed by atoms with Gasteiger partial charge in [-0.3, -0.25) is 0 Å². The van der Waals surface area contributed by atoms with Crippen molar-refractivity contribution >= 4 is 16.9 Å². The van der Waals surface area contributed by atoms with E-state index in [1.807, 2.05) is 17.2 Å². The Kier molecular flexibility index (Phi) is 2.58. The molecule has 0 radical (unpaired) electrons. The van der Waals surface area contributed by atoms with Crippen molar-refractivity contribution in [1.29, 1.82) is 5.26 Å². The average Bonchev–Trinajstić information content (AvgIpc) is 3.08. The molecule has 2 atom stereocenters. The Bertz CT molecular complexity index is 722. The van der Waals surface area contributed by atoms with Crippen LogP contribution in [0.4, 0.5) is 5.82 Å². The standard InChI is InChI=1S/C15H18N6.H2/c1-15-7-20(9-16)6-11(15)3-5-21(8-15)14-12-2-4-17-13(12)18-10-19-14;/h2,4,10-11H,3,5-8H2,1H3,(H,17,18,19);1H/t11?,15-;/m0./s1. The summed E-state index contributed by atoms with van der Waals surface area (Å²) >= 11 is 0. The molecule has 6 heteroatoms. The van der Waals surface area contributed by atoms with Crippen molar-refractivity contribution in [2.75, 3.05) is 31.1 Å². The van der Waals surface area contributed by atoms with E-state index in [0.717, 1.165) is 49.5 Å². The van der Waals surface area contributed by atoms with E-state index in [1.54, 1.807) is 6.33 Å². The maximum absolute atomic E-state index is 9.16. The number of anilines is 1. The fourth-order valence-corrected chi connectivity index (χ4v) is 3.93. The molecule has 2 aromatic heterocycles. The fraction of sp³-hybridized carbons (Fsp3) is 0.533. The molecule has 2 aliphatic rings. The molecule has 110 valence electrons. The predicted molar refractivity (Wildman–Crippen MR) is 81.6 cm³/mol. The SMILES string of the molecule is C[C@@]12CN(C#N)CC1CCN(c1ncnc3[nH]ccc13)C2.[HH]. The number of likely N-dealkylation sites (tertiary alicyclic amines) is 1. The van der Waals surface area contributed by atoms with Crippen LogP contribution in [0.15, 0.2) is 18.6 Å². The first-order valence-corrected chi connectivity index (χ1v) is 7.37. The number of aromatic nitrogens is 3. The zero-order valence-electron chi connectivity index (χ0n) is 12.1. The van der Waals surface area contributed by atoms with Gasteiger partial charge in [-0.05, 0) is 18.4 Å². The Hall–Kier alpha value is -2.29. The summed E-state index contributed by atoms with van der Waals surface area (Å²) in [4.78, 5) is 16.2. The van der Waals surface area contributed by atoms with Crippen LogP contribution >= 0.6 is 0 Å². The van der Waals surface area contributed by atoms with Crippen molar-refractivity contribution in [2.24, 2.45) is 11.3 Å². The maximum atomic E-state index is 9.16. The summed E-state index contributed by atoms with van der Waals surface area (Å²) in [6.07, 6.45) is 6.96. The quantitative estimate of drug-likeness (QED) is 0.809. The summed E-state index contributed by atoms with van der Waals surface area (Å²) in [5.74, 6) is 1.62. The van der Waals surface area contributed by atoms with E-state index >= 15 is 0 Å². The fourth-order valence-electron chi connectivity index (χ4n) is 3.93. The van der Waals surface area contributed by atoms with Crippen molar-refractivity contribution < 1.29 is 1.43 Å². The molecule has 2 aliphatic heterocycles. The molecule has 21 heavy (non-hydrogen) atoms. The molecule has 1 unspecified atom stereocenters. The van der Waals surface area contributed by atoms with Gasteiger partial charge in [0.05, 0.1) is 5.39 Å². The van der Waals surface area contributed by atoms with Crippen molar-refractivity contribution in [3.8, 4) is 6.19 Å². The van der Waals surface area contributed by atoms with Crippen LogP contribution in [0.3, 0.4) is 0 Å². The average molecular weight is 284 g/mol. The lowest BCUT2D eigenvalue weighted by molar-refractivity contribution is 0.213. The zero-order valence-corrected chi connectivity index (χ0v) is 12.1. The van der Waals surface area contributed by atoms with Gasteiger partial charge in [0.2, 0.25) is 0 Å². The molecule has 4 heterocycles. The number of nitrogens with zero attached hydrogens (tertiary/aromatic N) is 5. The third-order valence-corrected chi connectivity index (χ3v) is 5.05. The van der Waals surface area contributed by atoms with Crippen molar-refractivity contribution in [1.82, 2.24) is 19.9 Å². The highest BCUT2D eigenvalue weighted by atomic mass is 15.2. The molecule has 4 rings (SSSR count). The first kappa shape index (κ1) is 12.5. The van der Waals surface area contributed by atoms with E-state index in [1.165, 1.54) is 0 Å². The normalized spacial score (nSPS) is 28.7. The van der Waals surface area contributed by atoms with Gasteiger partial charge in [0.15, 0.2) is 6.19 Å². The highest BCUT2D eigenvalue weighted by Gasteiger charge is 2.46. The molecule has 2 fully saturated rings. The number of H-pyrrole nitrogens is 1. The number of aromatic amines is 1. The monoisotopic (exact) mass is 284 g/mol. The van der Waals surface area contributed by atoms with E-state index in [0.29, 0.717) is 5.92 Å². The van der Waals surface area contributed by atoms with Crippen LogP contribution in [0.5, 0.6) is 0 Å². The van der Waals surface area contributed by atoms with Crippen LogP contribution in [0, 0.1) is 22.8 Å². The Morgan fingerprint density at radius 1 is 1.48 bits per heavy atom.